The molecule has 0 saturated heterocycles. The van der Waals surface area contributed by atoms with E-state index >= 15 is 0 Å². The van der Waals surface area contributed by atoms with Gasteiger partial charge < -0.3 is 23.1 Å². The first-order chi connectivity index (χ1) is 17.7. The summed E-state index contributed by atoms with van der Waals surface area (Å²) in [5.74, 6) is 0.478. The summed E-state index contributed by atoms with van der Waals surface area (Å²) >= 11 is 0. The molecule has 8 heteroatoms. The van der Waals surface area contributed by atoms with E-state index in [9.17, 15) is 4.79 Å². The lowest BCUT2D eigenvalue weighted by molar-refractivity contribution is -0.152. The van der Waals surface area contributed by atoms with Crippen LogP contribution in [0.1, 0.15) is 67.4 Å². The molecule has 1 aromatic rings. The Morgan fingerprint density at radius 2 is 1.46 bits per heavy atom. The molecular weight excluding hydrogens is 525 g/mol. The number of carbonyl (C=O) groups excluding carboxylic acids is 1. The highest BCUT2D eigenvalue weighted by Crippen LogP contribution is 2.39. The van der Waals surface area contributed by atoms with E-state index in [0.717, 1.165) is 16.9 Å². The first-order valence-electron chi connectivity index (χ1n) is 14.1. The first-order valence-corrected chi connectivity index (χ1v) is 19.9. The molecule has 3 atom stereocenters. The van der Waals surface area contributed by atoms with E-state index in [4.69, 9.17) is 23.1 Å². The van der Waals surface area contributed by atoms with Gasteiger partial charge in [0.15, 0.2) is 16.6 Å². The van der Waals surface area contributed by atoms with Crippen molar-refractivity contribution in [2.75, 3.05) is 20.8 Å². The van der Waals surface area contributed by atoms with Gasteiger partial charge >= 0.3 is 5.97 Å². The number of rotatable bonds is 14. The molecule has 39 heavy (non-hydrogen) atoms. The van der Waals surface area contributed by atoms with Crippen molar-refractivity contribution < 1.29 is 27.9 Å². The Hall–Kier alpha value is -1.46. The van der Waals surface area contributed by atoms with E-state index in [1.807, 2.05) is 24.3 Å². The molecule has 0 radical (unpaired) electrons. The fourth-order valence-electron chi connectivity index (χ4n) is 3.54. The zero-order chi connectivity index (χ0) is 30.2. The van der Waals surface area contributed by atoms with Crippen molar-refractivity contribution in [1.29, 1.82) is 0 Å². The molecule has 6 nitrogen and oxygen atoms in total. The fourth-order valence-corrected chi connectivity index (χ4v) is 5.82. The minimum atomic E-state index is -2.23. The van der Waals surface area contributed by atoms with Crippen LogP contribution in [0.4, 0.5) is 0 Å². The van der Waals surface area contributed by atoms with Gasteiger partial charge in [0.1, 0.15) is 11.9 Å². The number of benzene rings is 1. The summed E-state index contributed by atoms with van der Waals surface area (Å²) in [6.45, 7) is 27.3. The van der Waals surface area contributed by atoms with Crippen LogP contribution in [-0.4, -0.2) is 55.6 Å². The lowest BCUT2D eigenvalue weighted by Crippen LogP contribution is -2.47. The normalized spacial score (nSPS) is 16.0. The van der Waals surface area contributed by atoms with Crippen molar-refractivity contribution in [2.45, 2.75) is 117 Å². The van der Waals surface area contributed by atoms with Crippen LogP contribution in [0.15, 0.2) is 35.9 Å². The van der Waals surface area contributed by atoms with Gasteiger partial charge in [-0.05, 0) is 60.9 Å². The van der Waals surface area contributed by atoms with Crippen molar-refractivity contribution >= 4 is 22.6 Å². The predicted octanol–water partition coefficient (Wildman–Crippen LogP) is 8.14. The predicted molar refractivity (Wildman–Crippen MR) is 166 cm³/mol. The zero-order valence-electron chi connectivity index (χ0n) is 27.2. The van der Waals surface area contributed by atoms with Crippen LogP contribution in [0, 0.1) is 5.92 Å². The van der Waals surface area contributed by atoms with E-state index in [1.54, 1.807) is 7.11 Å². The van der Waals surface area contributed by atoms with Crippen LogP contribution in [0.2, 0.25) is 36.3 Å². The van der Waals surface area contributed by atoms with E-state index in [2.05, 4.69) is 87.7 Å². The van der Waals surface area contributed by atoms with Crippen molar-refractivity contribution in [3.8, 4) is 5.75 Å². The van der Waals surface area contributed by atoms with Gasteiger partial charge in [0.25, 0.3) is 0 Å². The second-order valence-corrected chi connectivity index (χ2v) is 23.3. The van der Waals surface area contributed by atoms with Crippen molar-refractivity contribution in [3.63, 3.8) is 0 Å². The largest absolute Gasteiger partial charge is 0.497 e. The lowest BCUT2D eigenvalue weighted by Gasteiger charge is -2.39. The van der Waals surface area contributed by atoms with Gasteiger partial charge in [-0.2, -0.15) is 0 Å². The fraction of sp³-hybridized carbons (Fsp3) is 0.710. The highest BCUT2D eigenvalue weighted by Gasteiger charge is 2.42. The van der Waals surface area contributed by atoms with Crippen molar-refractivity contribution in [1.82, 2.24) is 0 Å². The molecule has 0 unspecified atom stereocenters. The van der Waals surface area contributed by atoms with Gasteiger partial charge in [0.2, 0.25) is 0 Å². The molecule has 0 aliphatic carbocycles. The molecule has 0 aliphatic heterocycles. The molecule has 0 bridgehead atoms. The molecule has 1 aromatic carbocycles. The van der Waals surface area contributed by atoms with E-state index in [1.165, 1.54) is 7.11 Å². The second-order valence-electron chi connectivity index (χ2n) is 13.7. The second kappa shape index (κ2) is 14.4. The quantitative estimate of drug-likeness (QED) is 0.126. The monoisotopic (exact) mass is 580 g/mol. The summed E-state index contributed by atoms with van der Waals surface area (Å²) in [7, 11) is -1.02. The highest BCUT2D eigenvalue weighted by atomic mass is 28.4. The maximum atomic E-state index is 12.9. The molecule has 0 aliphatic rings. The smallest absolute Gasteiger partial charge is 0.333 e. The molecular formula is C31H56O6Si2. The third-order valence-corrected chi connectivity index (χ3v) is 17.3. The Bertz CT molecular complexity index is 926. The Labute approximate surface area is 241 Å². The van der Waals surface area contributed by atoms with Crippen LogP contribution in [0.5, 0.6) is 5.75 Å². The number of hydrogen-bond donors (Lipinski definition) is 0. The lowest BCUT2D eigenvalue weighted by atomic mass is 9.96. The number of ether oxygens (including phenoxy) is 3. The van der Waals surface area contributed by atoms with Gasteiger partial charge in [-0.3, -0.25) is 0 Å². The van der Waals surface area contributed by atoms with Crippen LogP contribution in [0.25, 0.3) is 0 Å². The molecule has 224 valence electrons. The molecule has 0 amide bonds. The van der Waals surface area contributed by atoms with E-state index in [0.29, 0.717) is 19.6 Å². The molecule has 0 spiro atoms. The van der Waals surface area contributed by atoms with Crippen molar-refractivity contribution in [2.24, 2.45) is 5.92 Å². The van der Waals surface area contributed by atoms with Gasteiger partial charge in [0.05, 0.1) is 33.5 Å². The minimum absolute atomic E-state index is 0.0291. The Balaban J connectivity index is 3.21. The molecule has 0 fully saturated rings. The average Bonchev–Trinajstić information content (AvgIpc) is 2.82. The summed E-state index contributed by atoms with van der Waals surface area (Å²) in [5.41, 5.74) is 2.19. The molecule has 0 heterocycles. The molecule has 0 N–H and O–H groups in total. The van der Waals surface area contributed by atoms with Crippen LogP contribution in [0.3, 0.4) is 0 Å². The summed E-state index contributed by atoms with van der Waals surface area (Å²) in [5, 5.41) is 0.111. The maximum Gasteiger partial charge on any atom is 0.333 e. The summed E-state index contributed by atoms with van der Waals surface area (Å²) in [6, 6.07) is 7.85. The minimum Gasteiger partial charge on any atom is -0.497 e. The average molecular weight is 581 g/mol. The number of methoxy groups -OCH3 is 2. The Morgan fingerprint density at radius 3 is 1.92 bits per heavy atom. The van der Waals surface area contributed by atoms with Gasteiger partial charge in [-0.1, -0.05) is 72.2 Å². The Morgan fingerprint density at radius 1 is 0.923 bits per heavy atom. The first kappa shape index (κ1) is 35.6. The number of carbonyl (C=O) groups is 1. The number of hydrogen-bond acceptors (Lipinski definition) is 6. The maximum absolute atomic E-state index is 12.9. The van der Waals surface area contributed by atoms with Gasteiger partial charge in [0, 0.05) is 12.3 Å². The number of esters is 1. The molecule has 1 rings (SSSR count). The van der Waals surface area contributed by atoms with Crippen molar-refractivity contribution in [3.05, 3.63) is 41.5 Å². The van der Waals surface area contributed by atoms with Gasteiger partial charge in [-0.15, -0.1) is 0 Å². The zero-order valence-corrected chi connectivity index (χ0v) is 29.2. The third kappa shape index (κ3) is 11.1. The summed E-state index contributed by atoms with van der Waals surface area (Å²) < 4.78 is 30.0. The van der Waals surface area contributed by atoms with Crippen LogP contribution < -0.4 is 4.74 Å². The van der Waals surface area contributed by atoms with Crippen LogP contribution in [-0.2, 0) is 29.7 Å². The van der Waals surface area contributed by atoms with Crippen LogP contribution >= 0.6 is 0 Å². The summed E-state index contributed by atoms with van der Waals surface area (Å²) in [4.78, 5) is 12.9. The Kier molecular flexibility index (Phi) is 13.2. The SMILES string of the molecule is COC(=O)[C@H](C[C@H](OCc1ccc(OC)cc1)[C@H](C)/C=C(\C)CO[Si](C)(C)C(C)(C)C)O[Si](C)(C)C(C)(C)C. The summed E-state index contributed by atoms with van der Waals surface area (Å²) in [6.07, 6.45) is 1.66. The molecule has 0 saturated carbocycles. The van der Waals surface area contributed by atoms with E-state index in [-0.39, 0.29) is 28.1 Å². The molecule has 0 aromatic heterocycles. The van der Waals surface area contributed by atoms with E-state index < -0.39 is 22.7 Å². The van der Waals surface area contributed by atoms with Gasteiger partial charge in [-0.25, -0.2) is 4.79 Å². The standard InChI is InChI=1S/C31H56O6Si2/c1-23(21-36-38(11,12)30(3,4)5)19-24(2)27(35-22-25-15-17-26(33-9)18-16-25)20-28(29(32)34-10)37-39(13,14)31(6,7)8/h15-19,24,27-28H,20-22H2,1-14H3/b23-19+/t24-,27+,28+/m1/s1. The highest BCUT2D eigenvalue weighted by molar-refractivity contribution is 6.74. The third-order valence-electron chi connectivity index (χ3n) is 8.38. The topological polar surface area (TPSA) is 63.2 Å².